The average molecular weight is 295 g/mol. The SMILES string of the molecule is COC(=O)c1c(F)c(F)c(C(CN)C(=O)O)c(F)c1F. The Bertz CT molecular complexity index is 547. The third-order valence-corrected chi connectivity index (χ3v) is 2.57. The first kappa shape index (κ1) is 15.9. The summed E-state index contributed by atoms with van der Waals surface area (Å²) < 4.78 is 58.5. The summed E-state index contributed by atoms with van der Waals surface area (Å²) in [5.74, 6) is -13.5. The van der Waals surface area contributed by atoms with Gasteiger partial charge in [-0.05, 0) is 0 Å². The van der Waals surface area contributed by atoms with E-state index in [1.54, 1.807) is 0 Å². The zero-order valence-corrected chi connectivity index (χ0v) is 10.0. The van der Waals surface area contributed by atoms with Gasteiger partial charge in [0.05, 0.1) is 13.0 Å². The zero-order chi connectivity index (χ0) is 15.6. The van der Waals surface area contributed by atoms with E-state index in [0.29, 0.717) is 0 Å². The van der Waals surface area contributed by atoms with E-state index in [9.17, 15) is 27.2 Å². The Morgan fingerprint density at radius 1 is 1.15 bits per heavy atom. The molecule has 1 rings (SSSR count). The van der Waals surface area contributed by atoms with Crippen LogP contribution in [0.1, 0.15) is 21.8 Å². The Morgan fingerprint density at radius 2 is 1.60 bits per heavy atom. The van der Waals surface area contributed by atoms with Gasteiger partial charge in [0.2, 0.25) is 0 Å². The highest BCUT2D eigenvalue weighted by Crippen LogP contribution is 2.29. The molecular formula is C11H9F4NO4. The Labute approximate surface area is 109 Å². The normalized spacial score (nSPS) is 12.1. The fraction of sp³-hybridized carbons (Fsp3) is 0.273. The van der Waals surface area contributed by atoms with Crippen molar-refractivity contribution in [3.05, 3.63) is 34.4 Å². The Kier molecular flexibility index (Phi) is 4.66. The number of halogens is 4. The highest BCUT2D eigenvalue weighted by atomic mass is 19.2. The standard InChI is InChI=1S/C11H9F4NO4/c1-20-11(19)5-8(14)6(12)4(7(13)9(5)15)3(2-16)10(17)18/h3H,2,16H2,1H3,(H,17,18). The minimum Gasteiger partial charge on any atom is -0.481 e. The minimum atomic E-state index is -2.04. The fourth-order valence-electron chi connectivity index (χ4n) is 1.58. The maximum Gasteiger partial charge on any atom is 0.344 e. The van der Waals surface area contributed by atoms with Crippen molar-refractivity contribution in [3.63, 3.8) is 0 Å². The minimum absolute atomic E-state index is 0.755. The van der Waals surface area contributed by atoms with E-state index in [2.05, 4.69) is 4.74 Å². The van der Waals surface area contributed by atoms with E-state index in [1.165, 1.54) is 0 Å². The second-order valence-electron chi connectivity index (χ2n) is 3.66. The molecule has 5 nitrogen and oxygen atoms in total. The highest BCUT2D eigenvalue weighted by molar-refractivity contribution is 5.90. The number of benzene rings is 1. The number of methoxy groups -OCH3 is 1. The maximum absolute atomic E-state index is 13.7. The quantitative estimate of drug-likeness (QED) is 0.494. The van der Waals surface area contributed by atoms with Crippen LogP contribution in [0.3, 0.4) is 0 Å². The molecule has 110 valence electrons. The largest absolute Gasteiger partial charge is 0.481 e. The summed E-state index contributed by atoms with van der Waals surface area (Å²) in [6.07, 6.45) is 0. The first-order valence-corrected chi connectivity index (χ1v) is 5.14. The smallest absolute Gasteiger partial charge is 0.344 e. The van der Waals surface area contributed by atoms with Crippen LogP contribution >= 0.6 is 0 Å². The van der Waals surface area contributed by atoms with Crippen LogP contribution in [0, 0.1) is 23.3 Å². The number of hydrogen-bond donors (Lipinski definition) is 2. The molecule has 9 heteroatoms. The molecule has 0 saturated carbocycles. The molecule has 0 saturated heterocycles. The molecule has 0 aliphatic rings. The molecule has 0 heterocycles. The maximum atomic E-state index is 13.7. The lowest BCUT2D eigenvalue weighted by atomic mass is 9.95. The van der Waals surface area contributed by atoms with Gasteiger partial charge in [-0.3, -0.25) is 4.79 Å². The predicted octanol–water partition coefficient (Wildman–Crippen LogP) is 1.16. The van der Waals surface area contributed by atoms with E-state index in [-0.39, 0.29) is 0 Å². The number of esters is 1. The van der Waals surface area contributed by atoms with Gasteiger partial charge in [-0.1, -0.05) is 0 Å². The van der Waals surface area contributed by atoms with Gasteiger partial charge in [-0.15, -0.1) is 0 Å². The van der Waals surface area contributed by atoms with Crippen molar-refractivity contribution in [1.29, 1.82) is 0 Å². The highest BCUT2D eigenvalue weighted by Gasteiger charge is 2.35. The molecule has 0 aromatic heterocycles. The van der Waals surface area contributed by atoms with Gasteiger partial charge >= 0.3 is 11.9 Å². The molecule has 0 aliphatic heterocycles. The van der Waals surface area contributed by atoms with Crippen molar-refractivity contribution >= 4 is 11.9 Å². The molecule has 0 radical (unpaired) electrons. The van der Waals surface area contributed by atoms with Crippen molar-refractivity contribution in [2.45, 2.75) is 5.92 Å². The van der Waals surface area contributed by atoms with Gasteiger partial charge in [0.15, 0.2) is 23.3 Å². The van der Waals surface area contributed by atoms with Crippen LogP contribution in [-0.4, -0.2) is 30.7 Å². The second-order valence-corrected chi connectivity index (χ2v) is 3.66. The molecular weight excluding hydrogens is 286 g/mol. The topological polar surface area (TPSA) is 89.6 Å². The molecule has 0 aliphatic carbocycles. The third-order valence-electron chi connectivity index (χ3n) is 2.57. The molecule has 1 aromatic carbocycles. The number of carbonyl (C=O) groups excluding carboxylic acids is 1. The van der Waals surface area contributed by atoms with E-state index in [0.717, 1.165) is 7.11 Å². The molecule has 1 aromatic rings. The van der Waals surface area contributed by atoms with Crippen LogP contribution < -0.4 is 5.73 Å². The average Bonchev–Trinajstić information content (AvgIpc) is 2.40. The number of carbonyl (C=O) groups is 2. The van der Waals surface area contributed by atoms with Crippen molar-refractivity contribution in [1.82, 2.24) is 0 Å². The number of hydrogen-bond acceptors (Lipinski definition) is 4. The van der Waals surface area contributed by atoms with Crippen LogP contribution in [0.25, 0.3) is 0 Å². The molecule has 20 heavy (non-hydrogen) atoms. The molecule has 0 spiro atoms. The van der Waals surface area contributed by atoms with E-state index >= 15 is 0 Å². The Hall–Kier alpha value is -2.16. The van der Waals surface area contributed by atoms with Gasteiger partial charge < -0.3 is 15.6 Å². The van der Waals surface area contributed by atoms with Crippen LogP contribution in [0.5, 0.6) is 0 Å². The summed E-state index contributed by atoms with van der Waals surface area (Å²) in [5, 5.41) is 8.73. The summed E-state index contributed by atoms with van der Waals surface area (Å²) in [6, 6.07) is 0. The lowest BCUT2D eigenvalue weighted by Crippen LogP contribution is -2.26. The fourth-order valence-corrected chi connectivity index (χ4v) is 1.58. The summed E-state index contributed by atoms with van der Waals surface area (Å²) in [7, 11) is 0.755. The first-order chi connectivity index (χ1) is 9.27. The van der Waals surface area contributed by atoms with Crippen LogP contribution in [0.2, 0.25) is 0 Å². The number of carboxylic acids is 1. The molecule has 0 fully saturated rings. The van der Waals surface area contributed by atoms with Crippen molar-refractivity contribution in [2.75, 3.05) is 13.7 Å². The van der Waals surface area contributed by atoms with E-state index in [4.69, 9.17) is 10.8 Å². The van der Waals surface area contributed by atoms with Gasteiger partial charge in [0, 0.05) is 12.1 Å². The molecule has 1 atom stereocenters. The van der Waals surface area contributed by atoms with Crippen LogP contribution in [-0.2, 0) is 9.53 Å². The number of aliphatic carboxylic acids is 1. The summed E-state index contributed by atoms with van der Waals surface area (Å²) in [6.45, 7) is -0.792. The molecule has 0 bridgehead atoms. The van der Waals surface area contributed by atoms with Crippen molar-refractivity contribution in [2.24, 2.45) is 5.73 Å². The van der Waals surface area contributed by atoms with Crippen molar-refractivity contribution < 1.29 is 37.0 Å². The number of rotatable bonds is 4. The Morgan fingerprint density at radius 3 is 1.90 bits per heavy atom. The van der Waals surface area contributed by atoms with Crippen molar-refractivity contribution in [3.8, 4) is 0 Å². The van der Waals surface area contributed by atoms with Crippen LogP contribution in [0.15, 0.2) is 0 Å². The summed E-state index contributed by atoms with van der Waals surface area (Å²) >= 11 is 0. The number of ether oxygens (including phenoxy) is 1. The zero-order valence-electron chi connectivity index (χ0n) is 10.0. The van der Waals surface area contributed by atoms with Gasteiger partial charge in [-0.25, -0.2) is 22.4 Å². The summed E-state index contributed by atoms with van der Waals surface area (Å²) in [5.41, 5.74) is 2.05. The first-order valence-electron chi connectivity index (χ1n) is 5.14. The number of carboxylic acid groups (broad SMARTS) is 1. The van der Waals surface area contributed by atoms with E-state index < -0.39 is 58.8 Å². The van der Waals surface area contributed by atoms with Crippen LogP contribution in [0.4, 0.5) is 17.6 Å². The summed E-state index contributed by atoms with van der Waals surface area (Å²) in [4.78, 5) is 21.9. The van der Waals surface area contributed by atoms with Gasteiger partial charge in [-0.2, -0.15) is 0 Å². The number of nitrogens with two attached hydrogens (primary N) is 1. The van der Waals surface area contributed by atoms with Gasteiger partial charge in [0.25, 0.3) is 0 Å². The molecule has 0 amide bonds. The van der Waals surface area contributed by atoms with Gasteiger partial charge in [0.1, 0.15) is 5.56 Å². The lowest BCUT2D eigenvalue weighted by Gasteiger charge is -2.15. The third kappa shape index (κ3) is 2.44. The molecule has 3 N–H and O–H groups in total. The molecule has 1 unspecified atom stereocenters. The predicted molar refractivity (Wildman–Crippen MR) is 57.0 cm³/mol. The Balaban J connectivity index is 3.67. The lowest BCUT2D eigenvalue weighted by molar-refractivity contribution is -0.138. The second kappa shape index (κ2) is 5.87. The van der Waals surface area contributed by atoms with E-state index in [1.807, 2.05) is 0 Å². The monoisotopic (exact) mass is 295 g/mol.